The Morgan fingerprint density at radius 2 is 1.47 bits per heavy atom. The first-order valence-electron chi connectivity index (χ1n) is 12.0. The fourth-order valence-electron chi connectivity index (χ4n) is 4.43. The molecule has 0 spiro atoms. The van der Waals surface area contributed by atoms with Gasteiger partial charge in [-0.3, -0.25) is 4.79 Å². The summed E-state index contributed by atoms with van der Waals surface area (Å²) in [7, 11) is 0. The van der Waals surface area contributed by atoms with E-state index in [9.17, 15) is 18.0 Å². The Hall–Kier alpha value is -4.31. The van der Waals surface area contributed by atoms with Crippen LogP contribution in [0.1, 0.15) is 38.9 Å². The molecule has 0 bridgehead atoms. The molecule has 194 valence electrons. The Kier molecular flexibility index (Phi) is 7.19. The van der Waals surface area contributed by atoms with Gasteiger partial charge in [0, 0.05) is 5.69 Å². The molecule has 0 aliphatic heterocycles. The molecule has 0 saturated carbocycles. The van der Waals surface area contributed by atoms with E-state index in [1.807, 2.05) is 65.0 Å². The summed E-state index contributed by atoms with van der Waals surface area (Å²) in [6.45, 7) is 17.2. The van der Waals surface area contributed by atoms with Crippen molar-refractivity contribution in [2.45, 2.75) is 47.3 Å². The highest BCUT2D eigenvalue weighted by Gasteiger charge is 2.36. The van der Waals surface area contributed by atoms with Gasteiger partial charge in [0.2, 0.25) is 0 Å². The zero-order valence-electron chi connectivity index (χ0n) is 21.8. The number of pyridine rings is 1. The fourth-order valence-corrected chi connectivity index (χ4v) is 4.43. The maximum absolute atomic E-state index is 13.9. The third-order valence-corrected chi connectivity index (χ3v) is 6.80. The third-order valence-electron chi connectivity index (χ3n) is 6.80. The van der Waals surface area contributed by atoms with Crippen LogP contribution >= 0.6 is 0 Å². The van der Waals surface area contributed by atoms with E-state index < -0.39 is 23.0 Å². The minimum absolute atomic E-state index is 0.0289. The van der Waals surface area contributed by atoms with Crippen molar-refractivity contribution in [2.75, 3.05) is 0 Å². The fraction of sp³-hybridized carbons (Fsp3) is 0.226. The van der Waals surface area contributed by atoms with E-state index >= 15 is 0 Å². The predicted octanol–water partition coefficient (Wildman–Crippen LogP) is 8.47. The van der Waals surface area contributed by atoms with Crippen molar-refractivity contribution >= 4 is 5.69 Å². The van der Waals surface area contributed by atoms with E-state index in [1.54, 1.807) is 24.3 Å². The molecule has 7 heteroatoms. The number of aryl methyl sites for hydroxylation is 4. The van der Waals surface area contributed by atoms with Crippen LogP contribution in [0.15, 0.2) is 65.5 Å². The second-order valence-electron chi connectivity index (χ2n) is 9.53. The largest absolute Gasteiger partial charge is 0.457 e. The number of nitrogens with zero attached hydrogens (tertiary/aromatic N) is 2. The highest BCUT2D eigenvalue weighted by Crippen LogP contribution is 2.38. The van der Waals surface area contributed by atoms with Crippen molar-refractivity contribution < 1.29 is 17.9 Å². The molecule has 38 heavy (non-hydrogen) atoms. The smallest absolute Gasteiger partial charge is 0.407 e. The van der Waals surface area contributed by atoms with Crippen LogP contribution in [0.3, 0.4) is 0 Å². The molecule has 4 aromatic rings. The van der Waals surface area contributed by atoms with Gasteiger partial charge in [-0.05, 0) is 110 Å². The zero-order valence-corrected chi connectivity index (χ0v) is 21.8. The third kappa shape index (κ3) is 5.35. The number of aromatic nitrogens is 1. The number of rotatable bonds is 5. The second-order valence-corrected chi connectivity index (χ2v) is 9.53. The molecule has 0 atom stereocenters. The molecular formula is C31H27F3N2O2. The van der Waals surface area contributed by atoms with Crippen LogP contribution in [0.4, 0.5) is 18.9 Å². The Morgan fingerprint density at radius 1 is 0.842 bits per heavy atom. The summed E-state index contributed by atoms with van der Waals surface area (Å²) >= 11 is 0. The maximum atomic E-state index is 13.9. The molecule has 0 amide bonds. The number of hydrogen-bond acceptors (Lipinski definition) is 2. The van der Waals surface area contributed by atoms with Gasteiger partial charge in [-0.2, -0.15) is 13.2 Å². The highest BCUT2D eigenvalue weighted by atomic mass is 19.4. The van der Waals surface area contributed by atoms with E-state index in [4.69, 9.17) is 11.3 Å². The molecule has 0 aliphatic rings. The molecule has 4 nitrogen and oxygen atoms in total. The van der Waals surface area contributed by atoms with Gasteiger partial charge in [-0.15, -0.1) is 0 Å². The Morgan fingerprint density at radius 3 is 2.03 bits per heavy atom. The van der Waals surface area contributed by atoms with Gasteiger partial charge >= 0.3 is 6.18 Å². The van der Waals surface area contributed by atoms with Crippen LogP contribution in [0.2, 0.25) is 0 Å². The summed E-state index contributed by atoms with van der Waals surface area (Å²) in [5.74, 6) is 1.17. The van der Waals surface area contributed by atoms with Crippen molar-refractivity contribution in [1.29, 1.82) is 0 Å². The standard InChI is InChI=1S/C31H27F3N2O2/c1-18-7-8-24(21(4)13-18)17-36-28(16-27(31(32,33)34)29(35-6)30(36)37)23-9-11-25(12-10-23)38-26-14-19(2)22(5)20(3)15-26/h7-16H,17H2,1-5H3. The van der Waals surface area contributed by atoms with Crippen LogP contribution in [0.25, 0.3) is 16.1 Å². The summed E-state index contributed by atoms with van der Waals surface area (Å²) in [6.07, 6.45) is -4.85. The van der Waals surface area contributed by atoms with Crippen molar-refractivity contribution in [3.63, 3.8) is 0 Å². The molecule has 3 aromatic carbocycles. The Balaban J connectivity index is 1.82. The van der Waals surface area contributed by atoms with E-state index in [-0.39, 0.29) is 12.2 Å². The molecule has 1 aromatic heterocycles. The Labute approximate surface area is 219 Å². The van der Waals surface area contributed by atoms with Crippen LogP contribution in [-0.2, 0) is 12.7 Å². The highest BCUT2D eigenvalue weighted by molar-refractivity contribution is 5.67. The van der Waals surface area contributed by atoms with Crippen LogP contribution in [0, 0.1) is 41.2 Å². The lowest BCUT2D eigenvalue weighted by Crippen LogP contribution is -2.25. The molecule has 0 saturated heterocycles. The first kappa shape index (κ1) is 26.7. The molecule has 4 rings (SSSR count). The van der Waals surface area contributed by atoms with Crippen LogP contribution in [0.5, 0.6) is 11.5 Å². The predicted molar refractivity (Wildman–Crippen MR) is 143 cm³/mol. The number of hydrogen-bond donors (Lipinski definition) is 0. The van der Waals surface area contributed by atoms with Crippen molar-refractivity contribution in [2.24, 2.45) is 0 Å². The first-order chi connectivity index (χ1) is 17.9. The summed E-state index contributed by atoms with van der Waals surface area (Å²) in [6, 6.07) is 17.0. The van der Waals surface area contributed by atoms with Crippen molar-refractivity contribution in [1.82, 2.24) is 4.57 Å². The first-order valence-corrected chi connectivity index (χ1v) is 12.0. The van der Waals surface area contributed by atoms with Crippen molar-refractivity contribution in [3.05, 3.63) is 121 Å². The SMILES string of the molecule is [C-]#[N+]c1c(C(F)(F)F)cc(-c2ccc(Oc3cc(C)c(C)c(C)c3)cc2)n(Cc2ccc(C)cc2C)c1=O. The average Bonchev–Trinajstić information content (AvgIpc) is 2.84. The molecule has 0 N–H and O–H groups in total. The van der Waals surface area contributed by atoms with Gasteiger partial charge < -0.3 is 9.30 Å². The van der Waals surface area contributed by atoms with Crippen molar-refractivity contribution in [3.8, 4) is 22.8 Å². The summed E-state index contributed by atoms with van der Waals surface area (Å²) in [5, 5.41) is 0. The number of halogens is 3. The lowest BCUT2D eigenvalue weighted by molar-refractivity contribution is -0.136. The monoisotopic (exact) mass is 516 g/mol. The molecule has 0 fully saturated rings. The molecule has 0 unspecified atom stereocenters. The summed E-state index contributed by atoms with van der Waals surface area (Å²) in [4.78, 5) is 16.2. The van der Waals surface area contributed by atoms with E-state index in [0.29, 0.717) is 17.1 Å². The number of ether oxygens (including phenoxy) is 1. The topological polar surface area (TPSA) is 35.6 Å². The lowest BCUT2D eigenvalue weighted by atomic mass is 10.0. The van der Waals surface area contributed by atoms with Gasteiger partial charge in [0.05, 0.1) is 18.7 Å². The van der Waals surface area contributed by atoms with Crippen LogP contribution in [-0.4, -0.2) is 4.57 Å². The van der Waals surface area contributed by atoms with Gasteiger partial charge in [0.25, 0.3) is 11.2 Å². The molecule has 0 aliphatic carbocycles. The van der Waals surface area contributed by atoms with Gasteiger partial charge in [0.1, 0.15) is 11.5 Å². The molecule has 0 radical (unpaired) electrons. The summed E-state index contributed by atoms with van der Waals surface area (Å²) < 4.78 is 48.8. The second kappa shape index (κ2) is 10.2. The van der Waals surface area contributed by atoms with Gasteiger partial charge in [-0.25, -0.2) is 4.85 Å². The Bertz CT molecular complexity index is 1600. The van der Waals surface area contributed by atoms with Crippen LogP contribution < -0.4 is 10.3 Å². The number of benzene rings is 3. The van der Waals surface area contributed by atoms with Gasteiger partial charge in [0.15, 0.2) is 0 Å². The minimum Gasteiger partial charge on any atom is -0.457 e. The van der Waals surface area contributed by atoms with E-state index in [2.05, 4.69) is 4.85 Å². The quantitative estimate of drug-likeness (QED) is 0.250. The normalized spacial score (nSPS) is 11.3. The number of alkyl halides is 3. The summed E-state index contributed by atoms with van der Waals surface area (Å²) in [5.41, 5.74) is 3.39. The van der Waals surface area contributed by atoms with E-state index in [1.165, 1.54) is 10.1 Å². The maximum Gasteiger partial charge on any atom is 0.407 e. The molecular weight excluding hydrogens is 489 g/mol. The zero-order chi connectivity index (χ0) is 27.8. The lowest BCUT2D eigenvalue weighted by Gasteiger charge is -2.19. The van der Waals surface area contributed by atoms with E-state index in [0.717, 1.165) is 33.9 Å². The van der Waals surface area contributed by atoms with Gasteiger partial charge in [-0.1, -0.05) is 23.8 Å². The molecule has 1 heterocycles. The average molecular weight is 517 g/mol. The minimum atomic E-state index is -4.85.